The summed E-state index contributed by atoms with van der Waals surface area (Å²) in [6.07, 6.45) is 1.69. The minimum Gasteiger partial charge on any atom is -0.396 e. The summed E-state index contributed by atoms with van der Waals surface area (Å²) in [5, 5.41) is 2.55. The summed E-state index contributed by atoms with van der Waals surface area (Å²) in [6, 6.07) is 1.70. The third-order valence-corrected chi connectivity index (χ3v) is 2.63. The average Bonchev–Trinajstić information content (AvgIpc) is 2.32. The fourth-order valence-electron chi connectivity index (χ4n) is 1.63. The molecule has 0 heterocycles. The number of nitrogens with two attached hydrogens (primary N) is 1. The SMILES string of the molecule is CN(C)CCCCNC(=O)c1cc(F)cc(N)c1F. The van der Waals surface area contributed by atoms with Crippen LogP contribution in [0.2, 0.25) is 0 Å². The van der Waals surface area contributed by atoms with E-state index in [1.807, 2.05) is 19.0 Å². The lowest BCUT2D eigenvalue weighted by atomic mass is 10.1. The molecule has 6 heteroatoms. The van der Waals surface area contributed by atoms with Crippen LogP contribution in [-0.4, -0.2) is 38.0 Å². The van der Waals surface area contributed by atoms with Crippen molar-refractivity contribution in [3.63, 3.8) is 0 Å². The van der Waals surface area contributed by atoms with E-state index in [0.29, 0.717) is 6.54 Å². The van der Waals surface area contributed by atoms with Crippen molar-refractivity contribution in [2.45, 2.75) is 12.8 Å². The minimum absolute atomic E-state index is 0.356. The molecule has 4 nitrogen and oxygen atoms in total. The highest BCUT2D eigenvalue weighted by Crippen LogP contribution is 2.17. The maximum absolute atomic E-state index is 13.6. The van der Waals surface area contributed by atoms with Gasteiger partial charge in [0.25, 0.3) is 5.91 Å². The van der Waals surface area contributed by atoms with Crippen molar-refractivity contribution in [3.8, 4) is 0 Å². The third-order valence-electron chi connectivity index (χ3n) is 2.63. The maximum Gasteiger partial charge on any atom is 0.254 e. The maximum atomic E-state index is 13.6. The molecule has 0 aromatic heterocycles. The molecule has 0 aliphatic heterocycles. The van der Waals surface area contributed by atoms with Gasteiger partial charge in [0.2, 0.25) is 0 Å². The van der Waals surface area contributed by atoms with Crippen molar-refractivity contribution in [2.24, 2.45) is 0 Å². The summed E-state index contributed by atoms with van der Waals surface area (Å²) in [5.41, 5.74) is 4.55. The van der Waals surface area contributed by atoms with E-state index >= 15 is 0 Å². The molecule has 0 saturated carbocycles. The minimum atomic E-state index is -0.882. The van der Waals surface area contributed by atoms with E-state index in [0.717, 1.165) is 31.5 Å². The summed E-state index contributed by atoms with van der Waals surface area (Å²) in [6.45, 7) is 1.33. The van der Waals surface area contributed by atoms with Crippen LogP contribution >= 0.6 is 0 Å². The van der Waals surface area contributed by atoms with E-state index in [1.165, 1.54) is 0 Å². The van der Waals surface area contributed by atoms with Crippen LogP contribution in [0.5, 0.6) is 0 Å². The van der Waals surface area contributed by atoms with Crippen molar-refractivity contribution >= 4 is 11.6 Å². The molecule has 1 amide bonds. The van der Waals surface area contributed by atoms with E-state index in [1.54, 1.807) is 0 Å². The van der Waals surface area contributed by atoms with Crippen molar-refractivity contribution in [2.75, 3.05) is 32.9 Å². The largest absolute Gasteiger partial charge is 0.396 e. The highest BCUT2D eigenvalue weighted by molar-refractivity contribution is 5.95. The number of amides is 1. The molecule has 1 rings (SSSR count). The number of halogens is 2. The molecule has 0 fully saturated rings. The van der Waals surface area contributed by atoms with Crippen molar-refractivity contribution in [1.29, 1.82) is 0 Å². The van der Waals surface area contributed by atoms with Crippen LogP contribution in [0.3, 0.4) is 0 Å². The second-order valence-electron chi connectivity index (χ2n) is 4.62. The smallest absolute Gasteiger partial charge is 0.254 e. The van der Waals surface area contributed by atoms with Gasteiger partial charge in [-0.05, 0) is 45.6 Å². The van der Waals surface area contributed by atoms with E-state index in [4.69, 9.17) is 5.73 Å². The standard InChI is InChI=1S/C13H19F2N3O/c1-18(2)6-4-3-5-17-13(19)10-7-9(14)8-11(16)12(10)15/h7-8H,3-6,16H2,1-2H3,(H,17,19). The number of hydrogen-bond acceptors (Lipinski definition) is 3. The fraction of sp³-hybridized carbons (Fsp3) is 0.462. The zero-order valence-electron chi connectivity index (χ0n) is 11.2. The molecule has 106 valence electrons. The molecule has 19 heavy (non-hydrogen) atoms. The Morgan fingerprint density at radius 2 is 2.00 bits per heavy atom. The predicted octanol–water partition coefficient (Wildman–Crippen LogP) is 1.62. The Balaban J connectivity index is 2.50. The lowest BCUT2D eigenvalue weighted by Gasteiger charge is -2.10. The lowest BCUT2D eigenvalue weighted by molar-refractivity contribution is 0.0948. The van der Waals surface area contributed by atoms with Crippen LogP contribution in [0.4, 0.5) is 14.5 Å². The van der Waals surface area contributed by atoms with Gasteiger partial charge in [-0.3, -0.25) is 4.79 Å². The molecule has 0 spiro atoms. The monoisotopic (exact) mass is 271 g/mol. The van der Waals surface area contributed by atoms with Gasteiger partial charge >= 0.3 is 0 Å². The molecule has 0 aliphatic carbocycles. The molecular weight excluding hydrogens is 252 g/mol. The summed E-state index contributed by atoms with van der Waals surface area (Å²) in [5.74, 6) is -2.25. The van der Waals surface area contributed by atoms with Gasteiger partial charge in [0.1, 0.15) is 5.82 Å². The van der Waals surface area contributed by atoms with Crippen LogP contribution in [0.25, 0.3) is 0 Å². The lowest BCUT2D eigenvalue weighted by Crippen LogP contribution is -2.26. The third kappa shape index (κ3) is 4.82. The molecule has 0 unspecified atom stereocenters. The second-order valence-corrected chi connectivity index (χ2v) is 4.62. The normalized spacial score (nSPS) is 10.8. The van der Waals surface area contributed by atoms with Gasteiger partial charge in [0.15, 0.2) is 5.82 Å². The first-order chi connectivity index (χ1) is 8.91. The first-order valence-corrected chi connectivity index (χ1v) is 6.09. The summed E-state index contributed by atoms with van der Waals surface area (Å²) in [7, 11) is 3.92. The predicted molar refractivity (Wildman–Crippen MR) is 70.9 cm³/mol. The van der Waals surface area contributed by atoms with Crippen LogP contribution in [0.15, 0.2) is 12.1 Å². The number of carbonyl (C=O) groups is 1. The van der Waals surface area contributed by atoms with Gasteiger partial charge in [-0.25, -0.2) is 8.78 Å². The highest BCUT2D eigenvalue weighted by Gasteiger charge is 2.15. The Labute approximate surface area is 111 Å². The summed E-state index contributed by atoms with van der Waals surface area (Å²) < 4.78 is 26.6. The highest BCUT2D eigenvalue weighted by atomic mass is 19.1. The molecule has 0 saturated heterocycles. The number of hydrogen-bond donors (Lipinski definition) is 2. The van der Waals surface area contributed by atoms with E-state index in [-0.39, 0.29) is 11.3 Å². The van der Waals surface area contributed by atoms with Gasteiger partial charge in [-0.2, -0.15) is 0 Å². The molecule has 0 aliphatic rings. The number of anilines is 1. The van der Waals surface area contributed by atoms with Crippen LogP contribution in [0, 0.1) is 11.6 Å². The van der Waals surface area contributed by atoms with Crippen molar-refractivity contribution in [1.82, 2.24) is 10.2 Å². The van der Waals surface area contributed by atoms with Gasteiger partial charge in [0, 0.05) is 6.54 Å². The first-order valence-electron chi connectivity index (χ1n) is 6.09. The molecule has 0 radical (unpaired) electrons. The number of nitrogens with one attached hydrogen (secondary N) is 1. The van der Waals surface area contributed by atoms with Gasteiger partial charge in [0.05, 0.1) is 11.3 Å². The zero-order valence-corrected chi connectivity index (χ0v) is 11.2. The average molecular weight is 271 g/mol. The molecule has 1 aromatic rings. The molecule has 1 aromatic carbocycles. The van der Waals surface area contributed by atoms with Gasteiger partial charge in [-0.1, -0.05) is 0 Å². The number of unbranched alkanes of at least 4 members (excludes halogenated alkanes) is 1. The topological polar surface area (TPSA) is 58.4 Å². The van der Waals surface area contributed by atoms with E-state index < -0.39 is 17.5 Å². The van der Waals surface area contributed by atoms with Crippen molar-refractivity contribution in [3.05, 3.63) is 29.3 Å². The summed E-state index contributed by atoms with van der Waals surface area (Å²) >= 11 is 0. The molecule has 0 bridgehead atoms. The van der Waals surface area contributed by atoms with E-state index in [2.05, 4.69) is 5.32 Å². The van der Waals surface area contributed by atoms with Gasteiger partial charge in [-0.15, -0.1) is 0 Å². The summed E-state index contributed by atoms with van der Waals surface area (Å²) in [4.78, 5) is 13.7. The zero-order chi connectivity index (χ0) is 14.4. The van der Waals surface area contributed by atoms with E-state index in [9.17, 15) is 13.6 Å². The Morgan fingerprint density at radius 3 is 2.63 bits per heavy atom. The second kappa shape index (κ2) is 7.04. The Bertz CT molecular complexity index is 450. The van der Waals surface area contributed by atoms with Crippen LogP contribution in [0.1, 0.15) is 23.2 Å². The van der Waals surface area contributed by atoms with Crippen molar-refractivity contribution < 1.29 is 13.6 Å². The first kappa shape index (κ1) is 15.4. The molecule has 0 atom stereocenters. The fourth-order valence-corrected chi connectivity index (χ4v) is 1.63. The van der Waals surface area contributed by atoms with Crippen LogP contribution < -0.4 is 11.1 Å². The number of nitrogen functional groups attached to an aromatic ring is 1. The number of nitrogens with zero attached hydrogens (tertiary/aromatic N) is 1. The number of benzene rings is 1. The van der Waals surface area contributed by atoms with Crippen LogP contribution in [-0.2, 0) is 0 Å². The Morgan fingerprint density at radius 1 is 1.32 bits per heavy atom. The molecule has 3 N–H and O–H groups in total. The number of rotatable bonds is 6. The Hall–Kier alpha value is -1.69. The Kier molecular flexibility index (Phi) is 5.69. The van der Waals surface area contributed by atoms with Gasteiger partial charge < -0.3 is 16.0 Å². The number of carbonyl (C=O) groups excluding carboxylic acids is 1. The quantitative estimate of drug-likeness (QED) is 0.610. The molecular formula is C13H19F2N3O.